The Balaban J connectivity index is 1.59. The smallest absolute Gasteiger partial charge is 0.313 e. The van der Waals surface area contributed by atoms with Crippen molar-refractivity contribution < 1.29 is 19.2 Å². The van der Waals surface area contributed by atoms with Crippen LogP contribution in [0.2, 0.25) is 0 Å². The van der Waals surface area contributed by atoms with Crippen LogP contribution in [0.1, 0.15) is 26.2 Å². The lowest BCUT2D eigenvalue weighted by atomic mass is 9.61. The van der Waals surface area contributed by atoms with Gasteiger partial charge in [-0.1, -0.05) is 48.0 Å². The number of amides is 1. The van der Waals surface area contributed by atoms with Crippen molar-refractivity contribution in [3.05, 3.63) is 82.4 Å². The maximum absolute atomic E-state index is 14.4. The predicted molar refractivity (Wildman–Crippen MR) is 122 cm³/mol. The van der Waals surface area contributed by atoms with Crippen molar-refractivity contribution in [2.45, 2.75) is 38.3 Å². The Labute approximate surface area is 192 Å². The quantitative estimate of drug-likeness (QED) is 0.298. The van der Waals surface area contributed by atoms with Crippen LogP contribution in [0.4, 0.5) is 11.4 Å². The molecule has 7 heteroatoms. The molecule has 170 valence electrons. The summed E-state index contributed by atoms with van der Waals surface area (Å²) in [5, 5.41) is 11.5. The lowest BCUT2D eigenvalue weighted by Crippen LogP contribution is -2.48. The number of nitro groups is 1. The first-order valence-corrected chi connectivity index (χ1v) is 11.4. The number of anilines is 2. The fraction of sp³-hybridized carbons (Fsp3) is 0.385. The second-order valence-corrected chi connectivity index (χ2v) is 9.18. The number of hydrogen-bond acceptors (Lipinski definition) is 5. The molecular weight excluding hydrogens is 420 g/mol. The highest BCUT2D eigenvalue weighted by molar-refractivity contribution is 6.03. The van der Waals surface area contributed by atoms with E-state index in [1.807, 2.05) is 73.7 Å². The van der Waals surface area contributed by atoms with E-state index in [4.69, 9.17) is 4.74 Å². The van der Waals surface area contributed by atoms with Gasteiger partial charge in [0.25, 0.3) is 0 Å². The van der Waals surface area contributed by atoms with Gasteiger partial charge in [-0.25, -0.2) is 0 Å². The maximum atomic E-state index is 14.4. The lowest BCUT2D eigenvalue weighted by molar-refractivity contribution is -0.524. The van der Waals surface area contributed by atoms with Crippen LogP contribution in [0, 0.1) is 33.8 Å². The van der Waals surface area contributed by atoms with Crippen LogP contribution in [-0.4, -0.2) is 28.9 Å². The Morgan fingerprint density at radius 3 is 2.21 bits per heavy atom. The highest BCUT2D eigenvalue weighted by Gasteiger charge is 2.56. The fourth-order valence-corrected chi connectivity index (χ4v) is 5.89. The molecule has 33 heavy (non-hydrogen) atoms. The van der Waals surface area contributed by atoms with Crippen LogP contribution in [0.3, 0.4) is 0 Å². The van der Waals surface area contributed by atoms with Crippen LogP contribution in [-0.2, 0) is 14.3 Å². The molecule has 2 fully saturated rings. The molecule has 0 unspecified atom stereocenters. The molecule has 0 bridgehead atoms. The minimum absolute atomic E-state index is 0.0947. The standard InChI is InChI=1S/C26H26N2O5/c1-16-23-22(26(30)33-16)15-17-14-20(28(31)32)12-13-21(17)24(23)25(29)27(18-8-4-2-5-9-18)19-10-6-3-7-11-19/h2-11,15-16,20-24H,12-14H2,1H3/t16-,20+,21-,22+,23-,24+/m1/s1. The number of benzene rings is 2. The zero-order valence-corrected chi connectivity index (χ0v) is 18.4. The van der Waals surface area contributed by atoms with Gasteiger partial charge >= 0.3 is 5.97 Å². The summed E-state index contributed by atoms with van der Waals surface area (Å²) < 4.78 is 5.57. The van der Waals surface area contributed by atoms with E-state index in [-0.39, 0.29) is 35.1 Å². The predicted octanol–water partition coefficient (Wildman–Crippen LogP) is 4.53. The first-order chi connectivity index (χ1) is 16.0. The summed E-state index contributed by atoms with van der Waals surface area (Å²) in [6, 6.07) is 18.3. The third-order valence-electron chi connectivity index (χ3n) is 7.36. The number of ether oxygens (including phenoxy) is 1. The summed E-state index contributed by atoms with van der Waals surface area (Å²) in [4.78, 5) is 40.0. The van der Waals surface area contributed by atoms with Crippen LogP contribution < -0.4 is 4.90 Å². The second-order valence-electron chi connectivity index (χ2n) is 9.18. The highest BCUT2D eigenvalue weighted by atomic mass is 16.6. The van der Waals surface area contributed by atoms with Gasteiger partial charge in [-0.3, -0.25) is 24.6 Å². The van der Waals surface area contributed by atoms with E-state index in [2.05, 4.69) is 0 Å². The Bertz CT molecular complexity index is 1060. The van der Waals surface area contributed by atoms with Crippen molar-refractivity contribution in [3.63, 3.8) is 0 Å². The molecule has 0 N–H and O–H groups in total. The first-order valence-electron chi connectivity index (χ1n) is 11.4. The molecule has 1 amide bonds. The van der Waals surface area contributed by atoms with Crippen LogP contribution in [0.25, 0.3) is 0 Å². The van der Waals surface area contributed by atoms with E-state index in [0.717, 1.165) is 16.9 Å². The fourth-order valence-electron chi connectivity index (χ4n) is 5.89. The summed E-state index contributed by atoms with van der Waals surface area (Å²) in [7, 11) is 0. The Hall–Kier alpha value is -3.48. The molecule has 3 aliphatic rings. The average Bonchev–Trinajstić information content (AvgIpc) is 3.11. The molecule has 1 heterocycles. The van der Waals surface area contributed by atoms with Crippen LogP contribution in [0.15, 0.2) is 72.3 Å². The molecule has 1 saturated carbocycles. The van der Waals surface area contributed by atoms with Crippen LogP contribution in [0.5, 0.6) is 0 Å². The third-order valence-corrected chi connectivity index (χ3v) is 7.36. The molecule has 2 aromatic carbocycles. The summed E-state index contributed by atoms with van der Waals surface area (Å²) in [6.07, 6.45) is 2.74. The van der Waals surface area contributed by atoms with Crippen molar-refractivity contribution in [3.8, 4) is 0 Å². The van der Waals surface area contributed by atoms with E-state index in [1.54, 1.807) is 4.90 Å². The zero-order chi connectivity index (χ0) is 23.1. The number of para-hydroxylation sites is 2. The van der Waals surface area contributed by atoms with Crippen molar-refractivity contribution in [2.75, 3.05) is 4.90 Å². The number of carbonyl (C=O) groups is 2. The van der Waals surface area contributed by atoms with Gasteiger partial charge in [0.1, 0.15) is 6.10 Å². The second kappa shape index (κ2) is 8.46. The zero-order valence-electron chi connectivity index (χ0n) is 18.4. The number of hydrogen-bond donors (Lipinski definition) is 0. The van der Waals surface area contributed by atoms with Gasteiger partial charge in [-0.2, -0.15) is 0 Å². The Morgan fingerprint density at radius 2 is 1.64 bits per heavy atom. The first kappa shape index (κ1) is 21.4. The number of nitrogens with zero attached hydrogens (tertiary/aromatic N) is 2. The minimum atomic E-state index is -0.672. The number of rotatable bonds is 4. The van der Waals surface area contributed by atoms with E-state index in [0.29, 0.717) is 12.8 Å². The monoisotopic (exact) mass is 446 g/mol. The molecule has 2 aliphatic carbocycles. The largest absolute Gasteiger partial charge is 0.462 e. The molecule has 2 aromatic rings. The van der Waals surface area contributed by atoms with Crippen molar-refractivity contribution in [2.24, 2.45) is 23.7 Å². The van der Waals surface area contributed by atoms with Gasteiger partial charge in [0.15, 0.2) is 0 Å². The van der Waals surface area contributed by atoms with E-state index in [1.165, 1.54) is 0 Å². The molecule has 0 aromatic heterocycles. The molecular formula is C26H26N2O5. The maximum Gasteiger partial charge on any atom is 0.313 e. The number of cyclic esters (lactones) is 1. The molecule has 1 aliphatic heterocycles. The molecule has 7 nitrogen and oxygen atoms in total. The van der Waals surface area contributed by atoms with Gasteiger partial charge in [-0.05, 0) is 43.5 Å². The SMILES string of the molecule is C[C@H]1OC(=O)[C@H]2C=C3C[C@@H]([N+](=O)[O-])CC[C@H]3[C@H](C(=O)N(c3ccccc3)c3ccccc3)[C@@H]21. The number of esters is 1. The molecule has 1 saturated heterocycles. The minimum Gasteiger partial charge on any atom is -0.462 e. The number of carbonyl (C=O) groups excluding carboxylic acids is 2. The molecule has 0 spiro atoms. The van der Waals surface area contributed by atoms with Gasteiger partial charge in [-0.15, -0.1) is 0 Å². The molecule has 5 rings (SSSR count). The third kappa shape index (κ3) is 3.71. The van der Waals surface area contributed by atoms with E-state index >= 15 is 0 Å². The van der Waals surface area contributed by atoms with E-state index < -0.39 is 24.0 Å². The Kier molecular flexibility index (Phi) is 5.48. The summed E-state index contributed by atoms with van der Waals surface area (Å²) in [6.45, 7) is 1.85. The molecule has 6 atom stereocenters. The number of fused-ring (bicyclic) bond motifs is 2. The van der Waals surface area contributed by atoms with Gasteiger partial charge in [0, 0.05) is 35.1 Å². The van der Waals surface area contributed by atoms with Gasteiger partial charge in [0.05, 0.1) is 11.8 Å². The summed E-state index contributed by atoms with van der Waals surface area (Å²) in [5.41, 5.74) is 2.35. The van der Waals surface area contributed by atoms with Crippen molar-refractivity contribution >= 4 is 23.3 Å². The van der Waals surface area contributed by atoms with E-state index in [9.17, 15) is 19.7 Å². The van der Waals surface area contributed by atoms with Crippen molar-refractivity contribution in [1.82, 2.24) is 0 Å². The Morgan fingerprint density at radius 1 is 1.03 bits per heavy atom. The van der Waals surface area contributed by atoms with Crippen molar-refractivity contribution in [1.29, 1.82) is 0 Å². The molecule has 0 radical (unpaired) electrons. The van der Waals surface area contributed by atoms with Crippen LogP contribution >= 0.6 is 0 Å². The lowest BCUT2D eigenvalue weighted by Gasteiger charge is -2.43. The van der Waals surface area contributed by atoms with Gasteiger partial charge in [0.2, 0.25) is 11.9 Å². The summed E-state index contributed by atoms with van der Waals surface area (Å²) >= 11 is 0. The average molecular weight is 447 g/mol. The van der Waals surface area contributed by atoms with Gasteiger partial charge < -0.3 is 4.74 Å². The normalized spacial score (nSPS) is 30.5. The summed E-state index contributed by atoms with van der Waals surface area (Å²) in [5.74, 6) is -1.90. The topological polar surface area (TPSA) is 89.7 Å². The highest BCUT2D eigenvalue weighted by Crippen LogP contribution is 2.51.